The first-order valence-corrected chi connectivity index (χ1v) is 4.84. The number of aromatic hydroxyl groups is 1. The standard InChI is InChI=1S/C12H15NO/c1-4-5-10-6-8(2)12(14)11(7-13)9(10)3/h6,14H,4-5H2,1-3H3. The highest BCUT2D eigenvalue weighted by Crippen LogP contribution is 2.28. The van der Waals surface area contributed by atoms with Crippen molar-refractivity contribution in [2.24, 2.45) is 0 Å². The van der Waals surface area contributed by atoms with Gasteiger partial charge >= 0.3 is 0 Å². The summed E-state index contributed by atoms with van der Waals surface area (Å²) in [4.78, 5) is 0. The second-order valence-corrected chi connectivity index (χ2v) is 3.56. The molecule has 1 aromatic rings. The molecule has 0 fully saturated rings. The molecule has 0 aliphatic heterocycles. The Kier molecular flexibility index (Phi) is 3.14. The minimum atomic E-state index is 0.129. The minimum absolute atomic E-state index is 0.129. The van der Waals surface area contributed by atoms with E-state index in [1.54, 1.807) is 0 Å². The summed E-state index contributed by atoms with van der Waals surface area (Å²) in [6, 6.07) is 4.02. The lowest BCUT2D eigenvalue weighted by Crippen LogP contribution is -1.95. The van der Waals surface area contributed by atoms with Gasteiger partial charge in [0, 0.05) is 0 Å². The SMILES string of the molecule is CCCc1cc(C)c(O)c(C#N)c1C. The van der Waals surface area contributed by atoms with E-state index in [1.165, 1.54) is 5.56 Å². The van der Waals surface area contributed by atoms with Crippen LogP contribution in [0.5, 0.6) is 5.75 Å². The lowest BCUT2D eigenvalue weighted by atomic mass is 9.96. The van der Waals surface area contributed by atoms with Gasteiger partial charge in [-0.05, 0) is 37.0 Å². The maximum absolute atomic E-state index is 9.65. The van der Waals surface area contributed by atoms with Crippen LogP contribution < -0.4 is 0 Å². The molecule has 0 aliphatic rings. The van der Waals surface area contributed by atoms with Gasteiger partial charge in [0.25, 0.3) is 0 Å². The van der Waals surface area contributed by atoms with Crippen LogP contribution in [0.15, 0.2) is 6.07 Å². The second-order valence-electron chi connectivity index (χ2n) is 3.56. The van der Waals surface area contributed by atoms with E-state index in [-0.39, 0.29) is 5.75 Å². The number of nitrogens with zero attached hydrogens (tertiary/aromatic N) is 1. The van der Waals surface area contributed by atoms with Gasteiger partial charge in [-0.3, -0.25) is 0 Å². The predicted octanol–water partition coefficient (Wildman–Crippen LogP) is 2.83. The van der Waals surface area contributed by atoms with Crippen LogP contribution in [0.1, 0.15) is 35.6 Å². The number of phenols is 1. The van der Waals surface area contributed by atoms with Crippen LogP contribution in [0.2, 0.25) is 0 Å². The van der Waals surface area contributed by atoms with Crippen molar-refractivity contribution in [3.05, 3.63) is 28.3 Å². The van der Waals surface area contributed by atoms with E-state index < -0.39 is 0 Å². The summed E-state index contributed by atoms with van der Waals surface area (Å²) in [7, 11) is 0. The summed E-state index contributed by atoms with van der Waals surface area (Å²) < 4.78 is 0. The van der Waals surface area contributed by atoms with Crippen molar-refractivity contribution in [2.75, 3.05) is 0 Å². The largest absolute Gasteiger partial charge is 0.506 e. The Morgan fingerprint density at radius 3 is 2.57 bits per heavy atom. The van der Waals surface area contributed by atoms with E-state index in [2.05, 4.69) is 13.0 Å². The van der Waals surface area contributed by atoms with Gasteiger partial charge in [0.2, 0.25) is 0 Å². The Morgan fingerprint density at radius 1 is 1.43 bits per heavy atom. The molecule has 14 heavy (non-hydrogen) atoms. The number of nitriles is 1. The van der Waals surface area contributed by atoms with Crippen LogP contribution in [0, 0.1) is 25.2 Å². The minimum Gasteiger partial charge on any atom is -0.506 e. The van der Waals surface area contributed by atoms with Gasteiger partial charge in [-0.1, -0.05) is 19.4 Å². The number of aryl methyl sites for hydroxylation is 2. The maximum Gasteiger partial charge on any atom is 0.136 e. The van der Waals surface area contributed by atoms with Crippen LogP contribution in [-0.4, -0.2) is 5.11 Å². The highest BCUT2D eigenvalue weighted by molar-refractivity contribution is 5.55. The first-order valence-electron chi connectivity index (χ1n) is 4.84. The van der Waals surface area contributed by atoms with Crippen molar-refractivity contribution in [1.29, 1.82) is 5.26 Å². The fourth-order valence-corrected chi connectivity index (χ4v) is 1.64. The van der Waals surface area contributed by atoms with Crippen molar-refractivity contribution < 1.29 is 5.11 Å². The second kappa shape index (κ2) is 4.15. The topological polar surface area (TPSA) is 44.0 Å². The van der Waals surface area contributed by atoms with Crippen molar-refractivity contribution >= 4 is 0 Å². The molecule has 0 aliphatic carbocycles. The molecule has 1 N–H and O–H groups in total. The van der Waals surface area contributed by atoms with Gasteiger partial charge in [-0.15, -0.1) is 0 Å². The van der Waals surface area contributed by atoms with Gasteiger partial charge in [-0.2, -0.15) is 5.26 Å². The van der Waals surface area contributed by atoms with Crippen molar-refractivity contribution in [2.45, 2.75) is 33.6 Å². The van der Waals surface area contributed by atoms with Gasteiger partial charge in [0.1, 0.15) is 11.8 Å². The third-order valence-corrected chi connectivity index (χ3v) is 2.49. The van der Waals surface area contributed by atoms with Crippen molar-refractivity contribution in [3.8, 4) is 11.8 Å². The molecule has 0 saturated carbocycles. The Hall–Kier alpha value is -1.49. The number of hydrogen-bond donors (Lipinski definition) is 1. The first kappa shape index (κ1) is 10.6. The summed E-state index contributed by atoms with van der Waals surface area (Å²) in [6.45, 7) is 5.82. The van der Waals surface area contributed by atoms with Gasteiger partial charge in [0.05, 0.1) is 5.56 Å². The molecule has 0 amide bonds. The molecule has 0 unspecified atom stereocenters. The Labute approximate surface area is 84.8 Å². The fraction of sp³-hybridized carbons (Fsp3) is 0.417. The Bertz CT molecular complexity index is 388. The highest BCUT2D eigenvalue weighted by atomic mass is 16.3. The molecule has 0 atom stereocenters. The normalized spacial score (nSPS) is 9.86. The van der Waals surface area contributed by atoms with Gasteiger partial charge in [-0.25, -0.2) is 0 Å². The average molecular weight is 189 g/mol. The van der Waals surface area contributed by atoms with E-state index in [1.807, 2.05) is 19.9 Å². The van der Waals surface area contributed by atoms with E-state index >= 15 is 0 Å². The van der Waals surface area contributed by atoms with Crippen LogP contribution in [0.3, 0.4) is 0 Å². The lowest BCUT2D eigenvalue weighted by molar-refractivity contribution is 0.468. The number of hydrogen-bond acceptors (Lipinski definition) is 2. The van der Waals surface area contributed by atoms with E-state index in [0.717, 1.165) is 24.0 Å². The highest BCUT2D eigenvalue weighted by Gasteiger charge is 2.11. The molecule has 0 aromatic heterocycles. The molecule has 1 rings (SSSR count). The smallest absolute Gasteiger partial charge is 0.136 e. The van der Waals surface area contributed by atoms with Crippen LogP contribution in [0.4, 0.5) is 0 Å². The van der Waals surface area contributed by atoms with Crippen LogP contribution >= 0.6 is 0 Å². The van der Waals surface area contributed by atoms with E-state index in [0.29, 0.717) is 5.56 Å². The molecule has 2 nitrogen and oxygen atoms in total. The monoisotopic (exact) mass is 189 g/mol. The summed E-state index contributed by atoms with van der Waals surface area (Å²) in [5, 5.41) is 18.6. The molecule has 0 heterocycles. The molecule has 0 bridgehead atoms. The summed E-state index contributed by atoms with van der Waals surface area (Å²) in [6.07, 6.45) is 2.01. The summed E-state index contributed by atoms with van der Waals surface area (Å²) in [5.74, 6) is 0.129. The zero-order valence-corrected chi connectivity index (χ0v) is 8.89. The number of rotatable bonds is 2. The molecule has 74 valence electrons. The Balaban J connectivity index is 3.37. The molecule has 0 spiro atoms. The predicted molar refractivity (Wildman–Crippen MR) is 56.3 cm³/mol. The quantitative estimate of drug-likeness (QED) is 0.777. The maximum atomic E-state index is 9.65. The zero-order valence-electron chi connectivity index (χ0n) is 8.89. The zero-order chi connectivity index (χ0) is 10.7. The molecule has 2 heteroatoms. The van der Waals surface area contributed by atoms with E-state index in [9.17, 15) is 5.11 Å². The number of benzene rings is 1. The molecular formula is C12H15NO. The fourth-order valence-electron chi connectivity index (χ4n) is 1.64. The summed E-state index contributed by atoms with van der Waals surface area (Å²) in [5.41, 5.74) is 3.29. The van der Waals surface area contributed by atoms with Crippen molar-refractivity contribution in [3.63, 3.8) is 0 Å². The van der Waals surface area contributed by atoms with Crippen LogP contribution in [-0.2, 0) is 6.42 Å². The Morgan fingerprint density at radius 2 is 2.07 bits per heavy atom. The molecule has 0 saturated heterocycles. The van der Waals surface area contributed by atoms with Crippen molar-refractivity contribution in [1.82, 2.24) is 0 Å². The molecular weight excluding hydrogens is 174 g/mol. The van der Waals surface area contributed by atoms with Crippen LogP contribution in [0.25, 0.3) is 0 Å². The molecule has 1 aromatic carbocycles. The lowest BCUT2D eigenvalue weighted by Gasteiger charge is -2.10. The number of phenolic OH excluding ortho intramolecular Hbond substituents is 1. The van der Waals surface area contributed by atoms with E-state index in [4.69, 9.17) is 5.26 Å². The first-order chi connectivity index (χ1) is 6.61. The third-order valence-electron chi connectivity index (χ3n) is 2.49. The molecule has 0 radical (unpaired) electrons. The van der Waals surface area contributed by atoms with Gasteiger partial charge in [0.15, 0.2) is 0 Å². The third kappa shape index (κ3) is 1.72. The average Bonchev–Trinajstić information content (AvgIpc) is 2.16. The van der Waals surface area contributed by atoms with Gasteiger partial charge < -0.3 is 5.11 Å². The summed E-state index contributed by atoms with van der Waals surface area (Å²) >= 11 is 0.